The molecule has 1 aliphatic rings. The number of amides is 2. The highest BCUT2D eigenvalue weighted by atomic mass is 16.2. The maximum atomic E-state index is 13.0. The maximum Gasteiger partial charge on any atom is 0.234 e. The molecule has 0 unspecified atom stereocenters. The predicted molar refractivity (Wildman–Crippen MR) is 123 cm³/mol. The standard InChI is InChI=1S/C25H23N5O2/c1-16-4-8-20(9-5-16)30-14-19(13-23(30)31)24(32)27-21-12-18(7-6-17(21)2)22-15-29-11-3-10-26-25(29)28-22/h3-12,15,19H,13-14H2,1-2H3,(H,27,32)/t19-/m0/s1. The van der Waals surface area contributed by atoms with Crippen LogP contribution in [0.3, 0.4) is 0 Å². The van der Waals surface area contributed by atoms with Gasteiger partial charge in [-0.15, -0.1) is 0 Å². The van der Waals surface area contributed by atoms with Gasteiger partial charge in [0.1, 0.15) is 0 Å². The van der Waals surface area contributed by atoms with E-state index in [0.717, 1.165) is 33.8 Å². The van der Waals surface area contributed by atoms with Gasteiger partial charge in [0, 0.05) is 48.5 Å². The first-order chi connectivity index (χ1) is 15.5. The number of aromatic nitrogens is 3. The van der Waals surface area contributed by atoms with E-state index in [1.165, 1.54) is 0 Å². The summed E-state index contributed by atoms with van der Waals surface area (Å²) in [5, 5.41) is 3.03. The first-order valence-corrected chi connectivity index (χ1v) is 10.6. The van der Waals surface area contributed by atoms with Crippen LogP contribution in [0.5, 0.6) is 0 Å². The van der Waals surface area contributed by atoms with Crippen molar-refractivity contribution in [1.29, 1.82) is 0 Å². The second kappa shape index (κ2) is 7.92. The summed E-state index contributed by atoms with van der Waals surface area (Å²) >= 11 is 0. The van der Waals surface area contributed by atoms with Crippen LogP contribution in [0.15, 0.2) is 67.1 Å². The lowest BCUT2D eigenvalue weighted by molar-refractivity contribution is -0.122. The normalized spacial score (nSPS) is 16.0. The Labute approximate surface area is 185 Å². The third-order valence-electron chi connectivity index (χ3n) is 5.87. The van der Waals surface area contributed by atoms with Gasteiger partial charge in [0.2, 0.25) is 17.6 Å². The van der Waals surface area contributed by atoms with Crippen molar-refractivity contribution in [2.45, 2.75) is 20.3 Å². The van der Waals surface area contributed by atoms with Gasteiger partial charge in [-0.25, -0.2) is 9.97 Å². The molecule has 0 saturated carbocycles. The summed E-state index contributed by atoms with van der Waals surface area (Å²) in [7, 11) is 0. The molecule has 3 heterocycles. The molecule has 0 bridgehead atoms. The molecule has 5 rings (SSSR count). The number of benzene rings is 2. The van der Waals surface area contributed by atoms with Crippen LogP contribution in [0.1, 0.15) is 17.5 Å². The SMILES string of the molecule is Cc1ccc(N2C[C@@H](C(=O)Nc3cc(-c4cn5cccnc5n4)ccc3C)CC2=O)cc1. The molecule has 7 nitrogen and oxygen atoms in total. The quantitative estimate of drug-likeness (QED) is 0.536. The molecule has 1 N–H and O–H groups in total. The topological polar surface area (TPSA) is 79.6 Å². The molecule has 1 saturated heterocycles. The third-order valence-corrected chi connectivity index (χ3v) is 5.87. The number of aryl methyl sites for hydroxylation is 2. The summed E-state index contributed by atoms with van der Waals surface area (Å²) in [6.45, 7) is 4.33. The average Bonchev–Trinajstić information content (AvgIpc) is 3.39. The van der Waals surface area contributed by atoms with Crippen LogP contribution < -0.4 is 10.2 Å². The molecule has 1 atom stereocenters. The molecular formula is C25H23N5O2. The van der Waals surface area contributed by atoms with Gasteiger partial charge in [-0.2, -0.15) is 0 Å². The van der Waals surface area contributed by atoms with Crippen molar-refractivity contribution in [3.8, 4) is 11.3 Å². The fourth-order valence-corrected chi connectivity index (χ4v) is 3.98. The Bertz CT molecular complexity index is 1290. The van der Waals surface area contributed by atoms with Crippen LogP contribution in [-0.2, 0) is 9.59 Å². The number of nitrogens with zero attached hydrogens (tertiary/aromatic N) is 4. The van der Waals surface area contributed by atoms with Crippen LogP contribution in [0.25, 0.3) is 17.0 Å². The Morgan fingerprint density at radius 1 is 1.12 bits per heavy atom. The highest BCUT2D eigenvalue weighted by Crippen LogP contribution is 2.29. The lowest BCUT2D eigenvalue weighted by atomic mass is 10.1. The molecule has 1 fully saturated rings. The third kappa shape index (κ3) is 3.73. The summed E-state index contributed by atoms with van der Waals surface area (Å²) < 4.78 is 1.86. The molecule has 2 amide bonds. The number of rotatable bonds is 4. The zero-order chi connectivity index (χ0) is 22.2. The Balaban J connectivity index is 1.34. The van der Waals surface area contributed by atoms with Crippen molar-refractivity contribution < 1.29 is 9.59 Å². The minimum absolute atomic E-state index is 0.0309. The second-order valence-corrected chi connectivity index (χ2v) is 8.21. The van der Waals surface area contributed by atoms with Gasteiger partial charge in [0.25, 0.3) is 0 Å². The first-order valence-electron chi connectivity index (χ1n) is 10.6. The second-order valence-electron chi connectivity index (χ2n) is 8.21. The molecular weight excluding hydrogens is 402 g/mol. The van der Waals surface area contributed by atoms with E-state index in [1.807, 2.05) is 79.2 Å². The van der Waals surface area contributed by atoms with Gasteiger partial charge < -0.3 is 10.2 Å². The van der Waals surface area contributed by atoms with Crippen LogP contribution in [0.2, 0.25) is 0 Å². The lowest BCUT2D eigenvalue weighted by Crippen LogP contribution is -2.28. The van der Waals surface area contributed by atoms with Crippen molar-refractivity contribution in [2.24, 2.45) is 5.92 Å². The van der Waals surface area contributed by atoms with Crippen molar-refractivity contribution >= 4 is 29.0 Å². The highest BCUT2D eigenvalue weighted by molar-refractivity contribution is 6.03. The van der Waals surface area contributed by atoms with Gasteiger partial charge in [-0.05, 0) is 43.7 Å². The predicted octanol–water partition coefficient (Wildman–Crippen LogP) is 4.00. The number of carbonyl (C=O) groups excluding carboxylic acids is 2. The Hall–Kier alpha value is -4.00. The van der Waals surface area contributed by atoms with Crippen molar-refractivity contribution in [2.75, 3.05) is 16.8 Å². The number of anilines is 2. The van der Waals surface area contributed by atoms with E-state index in [4.69, 9.17) is 0 Å². The highest BCUT2D eigenvalue weighted by Gasteiger charge is 2.35. The van der Waals surface area contributed by atoms with E-state index in [2.05, 4.69) is 15.3 Å². The number of fused-ring (bicyclic) bond motifs is 1. The molecule has 0 aliphatic carbocycles. The van der Waals surface area contributed by atoms with E-state index >= 15 is 0 Å². The average molecular weight is 425 g/mol. The zero-order valence-corrected chi connectivity index (χ0v) is 17.9. The molecule has 160 valence electrons. The molecule has 0 radical (unpaired) electrons. The summed E-state index contributed by atoms with van der Waals surface area (Å²) in [5.74, 6) is 0.0436. The largest absolute Gasteiger partial charge is 0.326 e. The van der Waals surface area contributed by atoms with Crippen molar-refractivity contribution in [3.05, 3.63) is 78.2 Å². The zero-order valence-electron chi connectivity index (χ0n) is 17.9. The van der Waals surface area contributed by atoms with Crippen LogP contribution in [0.4, 0.5) is 11.4 Å². The molecule has 32 heavy (non-hydrogen) atoms. The number of hydrogen-bond donors (Lipinski definition) is 1. The summed E-state index contributed by atoms with van der Waals surface area (Å²) in [4.78, 5) is 36.1. The monoisotopic (exact) mass is 425 g/mol. The summed E-state index contributed by atoms with van der Waals surface area (Å²) in [5.41, 5.74) is 5.30. The van der Waals surface area contributed by atoms with Gasteiger partial charge in [0.05, 0.1) is 11.6 Å². The smallest absolute Gasteiger partial charge is 0.234 e. The molecule has 4 aromatic rings. The van der Waals surface area contributed by atoms with Crippen LogP contribution >= 0.6 is 0 Å². The minimum atomic E-state index is -0.397. The van der Waals surface area contributed by atoms with E-state index in [1.54, 1.807) is 11.1 Å². The van der Waals surface area contributed by atoms with Crippen molar-refractivity contribution in [1.82, 2.24) is 14.4 Å². The van der Waals surface area contributed by atoms with Gasteiger partial charge >= 0.3 is 0 Å². The fourth-order valence-electron chi connectivity index (χ4n) is 3.98. The number of nitrogens with one attached hydrogen (secondary N) is 1. The van der Waals surface area contributed by atoms with Gasteiger partial charge in [-0.3, -0.25) is 14.0 Å². The molecule has 2 aromatic carbocycles. The van der Waals surface area contributed by atoms with Gasteiger partial charge in [-0.1, -0.05) is 29.8 Å². The Kier molecular flexibility index (Phi) is 4.93. The first kappa shape index (κ1) is 19.9. The number of imidazole rings is 1. The molecule has 7 heteroatoms. The minimum Gasteiger partial charge on any atom is -0.326 e. The molecule has 1 aliphatic heterocycles. The van der Waals surface area contributed by atoms with Crippen molar-refractivity contribution in [3.63, 3.8) is 0 Å². The number of hydrogen-bond acceptors (Lipinski definition) is 4. The van der Waals surface area contributed by atoms with E-state index in [9.17, 15) is 9.59 Å². The maximum absolute atomic E-state index is 13.0. The summed E-state index contributed by atoms with van der Waals surface area (Å²) in [6, 6.07) is 15.5. The Morgan fingerprint density at radius 3 is 2.72 bits per heavy atom. The lowest BCUT2D eigenvalue weighted by Gasteiger charge is -2.17. The Morgan fingerprint density at radius 2 is 1.94 bits per heavy atom. The number of carbonyl (C=O) groups is 2. The van der Waals surface area contributed by atoms with E-state index in [0.29, 0.717) is 12.3 Å². The van der Waals surface area contributed by atoms with E-state index < -0.39 is 5.92 Å². The molecule has 0 spiro atoms. The van der Waals surface area contributed by atoms with Crippen LogP contribution in [0, 0.1) is 19.8 Å². The fraction of sp³-hybridized carbons (Fsp3) is 0.200. The van der Waals surface area contributed by atoms with Gasteiger partial charge in [0.15, 0.2) is 0 Å². The summed E-state index contributed by atoms with van der Waals surface area (Å²) in [6.07, 6.45) is 5.71. The van der Waals surface area contributed by atoms with Crippen LogP contribution in [-0.4, -0.2) is 32.7 Å². The van der Waals surface area contributed by atoms with E-state index in [-0.39, 0.29) is 18.2 Å². The molecule has 2 aromatic heterocycles.